The molecule has 0 unspecified atom stereocenters. The average molecular weight is 429 g/mol. The lowest BCUT2D eigenvalue weighted by Gasteiger charge is -2.36. The quantitative estimate of drug-likeness (QED) is 0.677. The van der Waals surface area contributed by atoms with Gasteiger partial charge >= 0.3 is 0 Å². The van der Waals surface area contributed by atoms with Gasteiger partial charge in [-0.05, 0) is 30.5 Å². The number of hydrogen-bond donors (Lipinski definition) is 1. The number of hydrogen-bond acceptors (Lipinski definition) is 9. The lowest BCUT2D eigenvalue weighted by Crippen LogP contribution is -2.39. The number of fused-ring (bicyclic) bond motifs is 5. The van der Waals surface area contributed by atoms with Gasteiger partial charge in [0.25, 0.3) is 0 Å². The summed E-state index contributed by atoms with van der Waals surface area (Å²) in [6.45, 7) is 13.2. The van der Waals surface area contributed by atoms with E-state index in [2.05, 4.69) is 53.3 Å². The van der Waals surface area contributed by atoms with Gasteiger partial charge in [-0.1, -0.05) is 13.8 Å². The highest BCUT2D eigenvalue weighted by atomic mass is 32.1. The fourth-order valence-corrected chi connectivity index (χ4v) is 5.27. The van der Waals surface area contributed by atoms with Crippen LogP contribution in [0.5, 0.6) is 0 Å². The Hall–Kier alpha value is -2.10. The van der Waals surface area contributed by atoms with Crippen LogP contribution in [-0.4, -0.2) is 58.8 Å². The van der Waals surface area contributed by atoms with Crippen LogP contribution in [0.2, 0.25) is 0 Å². The summed E-state index contributed by atoms with van der Waals surface area (Å²) in [7, 11) is 0. The zero-order chi connectivity index (χ0) is 20.9. The van der Waals surface area contributed by atoms with Crippen molar-refractivity contribution in [2.24, 2.45) is 5.92 Å². The highest BCUT2D eigenvalue weighted by molar-refractivity contribution is 7.26. The van der Waals surface area contributed by atoms with E-state index in [1.165, 1.54) is 11.1 Å². The molecule has 8 nitrogen and oxygen atoms in total. The maximum atomic E-state index is 6.19. The van der Waals surface area contributed by atoms with Crippen LogP contribution in [0.15, 0.2) is 0 Å². The van der Waals surface area contributed by atoms with Gasteiger partial charge in [-0.15, -0.1) is 21.5 Å². The van der Waals surface area contributed by atoms with Gasteiger partial charge < -0.3 is 19.7 Å². The van der Waals surface area contributed by atoms with E-state index in [9.17, 15) is 0 Å². The van der Waals surface area contributed by atoms with Crippen LogP contribution >= 0.6 is 11.3 Å². The molecule has 160 valence electrons. The molecule has 2 aliphatic rings. The molecule has 0 bridgehead atoms. The van der Waals surface area contributed by atoms with Gasteiger partial charge in [0.2, 0.25) is 0 Å². The number of aromatic nitrogens is 4. The summed E-state index contributed by atoms with van der Waals surface area (Å²) in [6, 6.07) is 0. The summed E-state index contributed by atoms with van der Waals surface area (Å²) < 4.78 is 12.8. The zero-order valence-electron chi connectivity index (χ0n) is 18.0. The van der Waals surface area contributed by atoms with Crippen molar-refractivity contribution in [2.45, 2.75) is 46.3 Å². The summed E-state index contributed by atoms with van der Waals surface area (Å²) in [5.74, 6) is 2.34. The van der Waals surface area contributed by atoms with Crippen LogP contribution in [0.25, 0.3) is 20.4 Å². The normalized spacial score (nSPS) is 18.9. The molecule has 3 aromatic heterocycles. The minimum Gasteiger partial charge on any atom is -0.378 e. The predicted molar refractivity (Wildman–Crippen MR) is 119 cm³/mol. The first-order chi connectivity index (χ1) is 14.4. The van der Waals surface area contributed by atoms with Crippen molar-refractivity contribution < 1.29 is 9.47 Å². The van der Waals surface area contributed by atoms with Crippen molar-refractivity contribution in [3.63, 3.8) is 0 Å². The molecule has 0 atom stereocenters. The Kier molecular flexibility index (Phi) is 4.99. The largest absolute Gasteiger partial charge is 0.378 e. The van der Waals surface area contributed by atoms with Crippen molar-refractivity contribution in [3.05, 3.63) is 11.1 Å². The Morgan fingerprint density at radius 1 is 1.17 bits per heavy atom. The van der Waals surface area contributed by atoms with Gasteiger partial charge in [-0.3, -0.25) is 0 Å². The first-order valence-electron chi connectivity index (χ1n) is 10.6. The summed E-state index contributed by atoms with van der Waals surface area (Å²) in [4.78, 5) is 8.45. The van der Waals surface area contributed by atoms with Crippen molar-refractivity contribution in [2.75, 3.05) is 43.1 Å². The van der Waals surface area contributed by atoms with Crippen LogP contribution in [-0.2, 0) is 22.5 Å². The fraction of sp³-hybridized carbons (Fsp3) is 0.619. The Morgan fingerprint density at radius 3 is 2.73 bits per heavy atom. The second-order valence-electron chi connectivity index (χ2n) is 9.09. The Morgan fingerprint density at radius 2 is 1.97 bits per heavy atom. The Bertz CT molecular complexity index is 1090. The third-order valence-corrected chi connectivity index (χ3v) is 6.79. The van der Waals surface area contributed by atoms with E-state index in [-0.39, 0.29) is 5.60 Å². The first-order valence-corrected chi connectivity index (χ1v) is 11.4. The molecular weight excluding hydrogens is 400 g/mol. The summed E-state index contributed by atoms with van der Waals surface area (Å²) in [5.41, 5.74) is 3.14. The lowest BCUT2D eigenvalue weighted by molar-refractivity contribution is -0.0396. The number of pyridine rings is 1. The van der Waals surface area contributed by atoms with E-state index in [0.717, 1.165) is 71.3 Å². The van der Waals surface area contributed by atoms with Gasteiger partial charge in [0.05, 0.1) is 25.4 Å². The highest BCUT2D eigenvalue weighted by Gasteiger charge is 2.33. The maximum absolute atomic E-state index is 6.19. The van der Waals surface area contributed by atoms with Gasteiger partial charge in [-0.2, -0.15) is 0 Å². The molecule has 1 saturated heterocycles. The predicted octanol–water partition coefficient (Wildman–Crippen LogP) is 3.39. The van der Waals surface area contributed by atoms with E-state index < -0.39 is 0 Å². The van der Waals surface area contributed by atoms with E-state index >= 15 is 0 Å². The van der Waals surface area contributed by atoms with E-state index in [1.807, 2.05) is 0 Å². The van der Waals surface area contributed by atoms with Crippen LogP contribution in [0.3, 0.4) is 0 Å². The van der Waals surface area contributed by atoms with Crippen molar-refractivity contribution in [1.82, 2.24) is 20.4 Å². The number of anilines is 2. The van der Waals surface area contributed by atoms with Crippen molar-refractivity contribution in [3.8, 4) is 0 Å². The van der Waals surface area contributed by atoms with Crippen LogP contribution < -0.4 is 10.2 Å². The van der Waals surface area contributed by atoms with E-state index in [4.69, 9.17) is 14.5 Å². The number of ether oxygens (including phenoxy) is 2. The van der Waals surface area contributed by atoms with Crippen LogP contribution in [0.1, 0.15) is 38.8 Å². The van der Waals surface area contributed by atoms with Crippen molar-refractivity contribution in [1.29, 1.82) is 0 Å². The molecule has 0 spiro atoms. The molecule has 1 N–H and O–H groups in total. The van der Waals surface area contributed by atoms with Gasteiger partial charge in [0.15, 0.2) is 5.82 Å². The van der Waals surface area contributed by atoms with Crippen LogP contribution in [0, 0.1) is 5.92 Å². The molecule has 0 aromatic carbocycles. The van der Waals surface area contributed by atoms with Crippen molar-refractivity contribution >= 4 is 43.4 Å². The van der Waals surface area contributed by atoms with Gasteiger partial charge in [0.1, 0.15) is 20.9 Å². The highest BCUT2D eigenvalue weighted by Crippen LogP contribution is 2.43. The number of rotatable bonds is 4. The fourth-order valence-electron chi connectivity index (χ4n) is 4.17. The maximum Gasteiger partial charge on any atom is 0.170 e. The molecule has 0 aliphatic carbocycles. The first kappa shape index (κ1) is 19.8. The van der Waals surface area contributed by atoms with E-state index in [0.29, 0.717) is 12.5 Å². The molecule has 2 aliphatic heterocycles. The second-order valence-corrected chi connectivity index (χ2v) is 10.1. The molecule has 5 heterocycles. The number of nitrogens with one attached hydrogen (secondary N) is 1. The third kappa shape index (κ3) is 3.48. The molecule has 0 radical (unpaired) electrons. The Labute approximate surface area is 180 Å². The smallest absolute Gasteiger partial charge is 0.170 e. The number of morpholine rings is 1. The van der Waals surface area contributed by atoms with Gasteiger partial charge in [0, 0.05) is 37.0 Å². The number of thiophene rings is 1. The SMILES string of the molecule is CC(C)CNc1nnnc2c1sc1nc(N3CCOCC3)c3c(c12)CC(C)(C)OC3. The summed E-state index contributed by atoms with van der Waals surface area (Å²) >= 11 is 1.65. The van der Waals surface area contributed by atoms with Crippen LogP contribution in [0.4, 0.5) is 11.6 Å². The molecule has 0 saturated carbocycles. The van der Waals surface area contributed by atoms with Gasteiger partial charge in [-0.25, -0.2) is 4.98 Å². The molecular formula is C21H28N6O2S. The number of nitrogens with zero attached hydrogens (tertiary/aromatic N) is 5. The Balaban J connectivity index is 1.72. The molecule has 1 fully saturated rings. The molecule has 0 amide bonds. The lowest BCUT2D eigenvalue weighted by atomic mass is 9.90. The zero-order valence-corrected chi connectivity index (χ0v) is 18.8. The average Bonchev–Trinajstić information content (AvgIpc) is 3.11. The third-order valence-electron chi connectivity index (χ3n) is 5.71. The standard InChI is InChI=1S/C21H28N6O2S/c1-12(2)10-22-18-17-16(24-26-25-18)15-13-9-21(3,4)29-11-14(13)19(23-20(15)30-17)27-5-7-28-8-6-27/h12H,5-11H2,1-4H3,(H,22,24,25). The second kappa shape index (κ2) is 7.55. The van der Waals surface area contributed by atoms with E-state index in [1.54, 1.807) is 11.3 Å². The molecule has 5 rings (SSSR count). The topological polar surface area (TPSA) is 85.3 Å². The monoisotopic (exact) mass is 428 g/mol. The molecule has 3 aromatic rings. The summed E-state index contributed by atoms with van der Waals surface area (Å²) in [6.07, 6.45) is 0.823. The minimum absolute atomic E-state index is 0.225. The summed E-state index contributed by atoms with van der Waals surface area (Å²) in [5, 5.41) is 17.4. The minimum atomic E-state index is -0.225. The molecule has 30 heavy (non-hydrogen) atoms. The molecule has 9 heteroatoms.